The van der Waals surface area contributed by atoms with Gasteiger partial charge in [-0.05, 0) is 62.5 Å². The van der Waals surface area contributed by atoms with Gasteiger partial charge < -0.3 is 5.32 Å². The molecule has 2 rings (SSSR count). The third-order valence-corrected chi connectivity index (χ3v) is 5.00. The molecule has 19 heavy (non-hydrogen) atoms. The van der Waals surface area contributed by atoms with Crippen molar-refractivity contribution in [3.05, 3.63) is 35.9 Å². The van der Waals surface area contributed by atoms with Crippen LogP contribution in [0.15, 0.2) is 30.3 Å². The topological polar surface area (TPSA) is 12.0 Å². The Labute approximate surface area is 118 Å². The summed E-state index contributed by atoms with van der Waals surface area (Å²) in [4.78, 5) is 0. The summed E-state index contributed by atoms with van der Waals surface area (Å²) in [5.41, 5.74) is 1.47. The number of benzene rings is 1. The van der Waals surface area contributed by atoms with E-state index in [9.17, 15) is 0 Å². The van der Waals surface area contributed by atoms with Gasteiger partial charge in [0.15, 0.2) is 0 Å². The molecular formula is C18H29N. The Bertz CT molecular complexity index is 349. The van der Waals surface area contributed by atoms with Gasteiger partial charge >= 0.3 is 0 Å². The molecule has 1 aliphatic rings. The first-order valence-electron chi connectivity index (χ1n) is 7.92. The summed E-state index contributed by atoms with van der Waals surface area (Å²) >= 11 is 0. The van der Waals surface area contributed by atoms with E-state index in [0.29, 0.717) is 6.04 Å². The van der Waals surface area contributed by atoms with Crippen LogP contribution in [0.1, 0.15) is 45.1 Å². The minimum Gasteiger partial charge on any atom is -0.316 e. The Kier molecular flexibility index (Phi) is 5.45. The van der Waals surface area contributed by atoms with Crippen molar-refractivity contribution in [2.24, 2.45) is 17.8 Å². The summed E-state index contributed by atoms with van der Waals surface area (Å²) in [6, 6.07) is 11.6. The molecule has 1 N–H and O–H groups in total. The normalized spacial score (nSPS) is 25.5. The number of hydrogen-bond donors (Lipinski definition) is 1. The summed E-state index contributed by atoms with van der Waals surface area (Å²) < 4.78 is 0. The minimum atomic E-state index is 0.649. The molecule has 0 radical (unpaired) electrons. The van der Waals surface area contributed by atoms with Gasteiger partial charge in [0.2, 0.25) is 0 Å². The summed E-state index contributed by atoms with van der Waals surface area (Å²) in [7, 11) is 2.13. The van der Waals surface area contributed by atoms with E-state index in [4.69, 9.17) is 0 Å². The van der Waals surface area contributed by atoms with Crippen molar-refractivity contribution in [2.75, 3.05) is 7.05 Å². The van der Waals surface area contributed by atoms with Gasteiger partial charge in [0.25, 0.3) is 0 Å². The predicted molar refractivity (Wildman–Crippen MR) is 83.3 cm³/mol. The maximum atomic E-state index is 3.56. The van der Waals surface area contributed by atoms with Crippen molar-refractivity contribution in [1.29, 1.82) is 0 Å². The standard InChI is InChI=1S/C18H29N/c1-14(2)16-9-11-17(12-10-16)18(19-3)13-15-7-5-4-6-8-15/h4-8,14,16-19H,9-13H2,1-3H3. The van der Waals surface area contributed by atoms with E-state index < -0.39 is 0 Å². The van der Waals surface area contributed by atoms with Crippen molar-refractivity contribution >= 4 is 0 Å². The lowest BCUT2D eigenvalue weighted by atomic mass is 9.73. The van der Waals surface area contributed by atoms with Crippen molar-refractivity contribution in [2.45, 2.75) is 52.0 Å². The van der Waals surface area contributed by atoms with Gasteiger partial charge in [0, 0.05) is 6.04 Å². The van der Waals surface area contributed by atoms with Crippen LogP contribution in [0.2, 0.25) is 0 Å². The molecule has 1 aromatic carbocycles. The average molecular weight is 259 g/mol. The highest BCUT2D eigenvalue weighted by molar-refractivity contribution is 5.16. The van der Waals surface area contributed by atoms with E-state index >= 15 is 0 Å². The molecule has 0 amide bonds. The summed E-state index contributed by atoms with van der Waals surface area (Å²) in [6.07, 6.45) is 6.83. The van der Waals surface area contributed by atoms with Crippen LogP contribution in [-0.4, -0.2) is 13.1 Å². The zero-order valence-electron chi connectivity index (χ0n) is 12.7. The predicted octanol–water partition coefficient (Wildman–Crippen LogP) is 4.28. The van der Waals surface area contributed by atoms with Crippen LogP contribution in [0, 0.1) is 17.8 Å². The van der Waals surface area contributed by atoms with E-state index in [1.807, 2.05) is 0 Å². The minimum absolute atomic E-state index is 0.649. The molecular weight excluding hydrogens is 230 g/mol. The molecule has 1 unspecified atom stereocenters. The summed E-state index contributed by atoms with van der Waals surface area (Å²) in [6.45, 7) is 4.76. The van der Waals surface area contributed by atoms with E-state index in [-0.39, 0.29) is 0 Å². The maximum Gasteiger partial charge on any atom is 0.0133 e. The van der Waals surface area contributed by atoms with Gasteiger partial charge in [-0.3, -0.25) is 0 Å². The number of likely N-dealkylation sites (N-methyl/N-ethyl adjacent to an activating group) is 1. The lowest BCUT2D eigenvalue weighted by molar-refractivity contribution is 0.191. The molecule has 1 nitrogen and oxygen atoms in total. The number of nitrogens with one attached hydrogen (secondary N) is 1. The summed E-state index contributed by atoms with van der Waals surface area (Å²) in [5, 5.41) is 3.56. The Morgan fingerprint density at radius 1 is 1.00 bits per heavy atom. The highest BCUT2D eigenvalue weighted by atomic mass is 14.9. The van der Waals surface area contributed by atoms with Gasteiger partial charge in [0.05, 0.1) is 0 Å². The van der Waals surface area contributed by atoms with Crippen LogP contribution in [0.5, 0.6) is 0 Å². The second kappa shape index (κ2) is 7.09. The molecule has 0 aliphatic heterocycles. The smallest absolute Gasteiger partial charge is 0.0133 e. The molecule has 0 saturated heterocycles. The lowest BCUT2D eigenvalue weighted by Crippen LogP contribution is -2.38. The van der Waals surface area contributed by atoms with Crippen LogP contribution in [0.25, 0.3) is 0 Å². The van der Waals surface area contributed by atoms with Crippen molar-refractivity contribution in [3.8, 4) is 0 Å². The quantitative estimate of drug-likeness (QED) is 0.832. The lowest BCUT2D eigenvalue weighted by Gasteiger charge is -2.35. The van der Waals surface area contributed by atoms with Gasteiger partial charge in [0.1, 0.15) is 0 Å². The zero-order chi connectivity index (χ0) is 13.7. The van der Waals surface area contributed by atoms with Crippen molar-refractivity contribution in [3.63, 3.8) is 0 Å². The van der Waals surface area contributed by atoms with E-state index in [0.717, 1.165) is 17.8 Å². The molecule has 0 heterocycles. The summed E-state index contributed by atoms with van der Waals surface area (Å²) in [5.74, 6) is 2.69. The fourth-order valence-electron chi connectivity index (χ4n) is 3.59. The Morgan fingerprint density at radius 2 is 1.58 bits per heavy atom. The monoisotopic (exact) mass is 259 g/mol. The molecule has 0 aromatic heterocycles. The Balaban J connectivity index is 1.89. The molecule has 1 heteroatoms. The SMILES string of the molecule is CNC(Cc1ccccc1)C1CCC(C(C)C)CC1. The molecule has 1 aromatic rings. The third kappa shape index (κ3) is 4.07. The van der Waals surface area contributed by atoms with Gasteiger partial charge in [-0.15, -0.1) is 0 Å². The van der Waals surface area contributed by atoms with E-state index in [1.165, 1.54) is 37.7 Å². The highest BCUT2D eigenvalue weighted by Gasteiger charge is 2.27. The van der Waals surface area contributed by atoms with Gasteiger partial charge in [-0.1, -0.05) is 44.2 Å². The van der Waals surface area contributed by atoms with Gasteiger partial charge in [-0.2, -0.15) is 0 Å². The van der Waals surface area contributed by atoms with E-state index in [1.54, 1.807) is 0 Å². The van der Waals surface area contributed by atoms with Crippen LogP contribution in [-0.2, 0) is 6.42 Å². The van der Waals surface area contributed by atoms with Crippen LogP contribution < -0.4 is 5.32 Å². The van der Waals surface area contributed by atoms with Gasteiger partial charge in [-0.25, -0.2) is 0 Å². The fourth-order valence-corrected chi connectivity index (χ4v) is 3.59. The average Bonchev–Trinajstić information content (AvgIpc) is 2.46. The molecule has 1 fully saturated rings. The maximum absolute atomic E-state index is 3.56. The third-order valence-electron chi connectivity index (χ3n) is 5.00. The Morgan fingerprint density at radius 3 is 2.11 bits per heavy atom. The van der Waals surface area contributed by atoms with Crippen molar-refractivity contribution < 1.29 is 0 Å². The molecule has 106 valence electrons. The first kappa shape index (κ1) is 14.6. The van der Waals surface area contributed by atoms with E-state index in [2.05, 4.69) is 56.5 Å². The molecule has 1 saturated carbocycles. The number of rotatable bonds is 5. The second-order valence-corrected chi connectivity index (χ2v) is 6.50. The van der Waals surface area contributed by atoms with Crippen LogP contribution in [0.3, 0.4) is 0 Å². The largest absolute Gasteiger partial charge is 0.316 e. The highest BCUT2D eigenvalue weighted by Crippen LogP contribution is 2.35. The molecule has 1 atom stereocenters. The first-order valence-corrected chi connectivity index (χ1v) is 7.92. The number of hydrogen-bond acceptors (Lipinski definition) is 1. The molecule has 0 bridgehead atoms. The van der Waals surface area contributed by atoms with Crippen molar-refractivity contribution in [1.82, 2.24) is 5.32 Å². The second-order valence-electron chi connectivity index (χ2n) is 6.50. The fraction of sp³-hybridized carbons (Fsp3) is 0.667. The van der Waals surface area contributed by atoms with Crippen LogP contribution in [0.4, 0.5) is 0 Å². The Hall–Kier alpha value is -0.820. The van der Waals surface area contributed by atoms with Crippen LogP contribution >= 0.6 is 0 Å². The molecule has 0 spiro atoms. The molecule has 1 aliphatic carbocycles. The first-order chi connectivity index (χ1) is 9.20. The zero-order valence-corrected chi connectivity index (χ0v) is 12.7.